The Labute approximate surface area is 243 Å². The Morgan fingerprint density at radius 2 is 1.78 bits per heavy atom. The monoisotopic (exact) mass is 573 g/mol. The summed E-state index contributed by atoms with van der Waals surface area (Å²) in [5, 5.41) is 2.88. The molecule has 0 aromatic heterocycles. The Morgan fingerprint density at radius 1 is 1.05 bits per heavy atom. The Bertz CT molecular complexity index is 1040. The van der Waals surface area contributed by atoms with Gasteiger partial charge in [0.25, 0.3) is 0 Å². The van der Waals surface area contributed by atoms with Crippen molar-refractivity contribution in [3.63, 3.8) is 0 Å². The van der Waals surface area contributed by atoms with E-state index in [9.17, 15) is 18.8 Å². The number of halogens is 1. The molecular formula is C32H48FN3O5. The van der Waals surface area contributed by atoms with E-state index in [0.29, 0.717) is 38.0 Å². The molecule has 0 radical (unpaired) electrons. The fourth-order valence-electron chi connectivity index (χ4n) is 7.10. The van der Waals surface area contributed by atoms with Gasteiger partial charge in [0.1, 0.15) is 11.9 Å². The third-order valence-corrected chi connectivity index (χ3v) is 9.44. The van der Waals surface area contributed by atoms with Gasteiger partial charge in [0.05, 0.1) is 12.2 Å². The lowest BCUT2D eigenvalue weighted by Crippen LogP contribution is -2.50. The second-order valence-corrected chi connectivity index (χ2v) is 12.2. The summed E-state index contributed by atoms with van der Waals surface area (Å²) >= 11 is 0. The van der Waals surface area contributed by atoms with E-state index in [1.807, 2.05) is 18.7 Å². The van der Waals surface area contributed by atoms with E-state index >= 15 is 0 Å². The van der Waals surface area contributed by atoms with Crippen LogP contribution in [-0.2, 0) is 19.1 Å². The van der Waals surface area contributed by atoms with Gasteiger partial charge in [-0.3, -0.25) is 9.59 Å². The van der Waals surface area contributed by atoms with E-state index in [1.54, 1.807) is 0 Å². The molecular weight excluding hydrogens is 525 g/mol. The fourth-order valence-corrected chi connectivity index (χ4v) is 7.10. The van der Waals surface area contributed by atoms with Crippen LogP contribution in [0.2, 0.25) is 0 Å². The smallest absolute Gasteiger partial charge is 0.341 e. The van der Waals surface area contributed by atoms with Gasteiger partial charge in [-0.1, -0.05) is 32.1 Å². The van der Waals surface area contributed by atoms with E-state index in [1.165, 1.54) is 18.6 Å². The van der Waals surface area contributed by atoms with Gasteiger partial charge in [-0.15, -0.1) is 0 Å². The van der Waals surface area contributed by atoms with Crippen LogP contribution in [0.3, 0.4) is 0 Å². The zero-order chi connectivity index (χ0) is 29.4. The maximum atomic E-state index is 14.9. The van der Waals surface area contributed by atoms with Crippen molar-refractivity contribution in [1.29, 1.82) is 0 Å². The normalized spacial score (nSPS) is 26.0. The first kappa shape index (κ1) is 31.4. The molecule has 0 spiro atoms. The fraction of sp³-hybridized carbons (Fsp3) is 0.719. The highest BCUT2D eigenvalue weighted by Crippen LogP contribution is 2.41. The predicted octanol–water partition coefficient (Wildman–Crippen LogP) is 5.30. The molecule has 9 heteroatoms. The largest absolute Gasteiger partial charge is 0.462 e. The van der Waals surface area contributed by atoms with Crippen molar-refractivity contribution in [2.75, 3.05) is 31.7 Å². The van der Waals surface area contributed by atoms with Crippen LogP contribution >= 0.6 is 0 Å². The number of rotatable bonds is 11. The Kier molecular flexibility index (Phi) is 11.6. The van der Waals surface area contributed by atoms with Crippen molar-refractivity contribution in [2.24, 2.45) is 29.4 Å². The summed E-state index contributed by atoms with van der Waals surface area (Å²) in [7, 11) is 0. The molecule has 1 unspecified atom stereocenters. The number of nitrogens with one attached hydrogen (secondary N) is 1. The molecule has 1 aromatic carbocycles. The number of esters is 1. The average Bonchev–Trinajstić information content (AvgIpc) is 3.42. The van der Waals surface area contributed by atoms with Crippen molar-refractivity contribution in [3.8, 4) is 0 Å². The average molecular weight is 574 g/mol. The first-order valence-electron chi connectivity index (χ1n) is 15.7. The number of nitrogens with zero attached hydrogens (tertiary/aromatic N) is 1. The van der Waals surface area contributed by atoms with Gasteiger partial charge in [-0.2, -0.15) is 0 Å². The maximum Gasteiger partial charge on any atom is 0.341 e. The molecule has 1 saturated heterocycles. The number of benzene rings is 1. The summed E-state index contributed by atoms with van der Waals surface area (Å²) in [6.45, 7) is 5.68. The van der Waals surface area contributed by atoms with Crippen molar-refractivity contribution >= 4 is 23.5 Å². The third-order valence-electron chi connectivity index (χ3n) is 9.44. The number of anilines is 1. The van der Waals surface area contributed by atoms with E-state index in [4.69, 9.17) is 15.2 Å². The van der Waals surface area contributed by atoms with Crippen LogP contribution in [0.4, 0.5) is 10.1 Å². The minimum absolute atomic E-state index is 0.0696. The molecule has 3 fully saturated rings. The molecule has 1 heterocycles. The second-order valence-electron chi connectivity index (χ2n) is 12.2. The molecule has 3 aliphatic rings. The van der Waals surface area contributed by atoms with Crippen LogP contribution < -0.4 is 11.1 Å². The Hall–Kier alpha value is -2.52. The Morgan fingerprint density at radius 3 is 2.44 bits per heavy atom. The van der Waals surface area contributed by atoms with Gasteiger partial charge in [-0.25, -0.2) is 9.18 Å². The summed E-state index contributed by atoms with van der Waals surface area (Å²) in [4.78, 5) is 41.8. The topological polar surface area (TPSA) is 111 Å². The van der Waals surface area contributed by atoms with Gasteiger partial charge in [0, 0.05) is 43.8 Å². The lowest BCUT2D eigenvalue weighted by molar-refractivity contribution is -0.142. The van der Waals surface area contributed by atoms with Crippen LogP contribution in [0.15, 0.2) is 18.2 Å². The summed E-state index contributed by atoms with van der Waals surface area (Å²) in [6, 6.07) is 3.56. The number of hydrogen-bond donors (Lipinski definition) is 2. The van der Waals surface area contributed by atoms with Crippen molar-refractivity contribution in [2.45, 2.75) is 96.6 Å². The van der Waals surface area contributed by atoms with Gasteiger partial charge in [0.15, 0.2) is 0 Å². The van der Waals surface area contributed by atoms with Crippen molar-refractivity contribution < 1.29 is 28.2 Å². The minimum atomic E-state index is -0.758. The molecule has 3 atom stereocenters. The molecule has 2 amide bonds. The Balaban J connectivity index is 1.44. The summed E-state index contributed by atoms with van der Waals surface area (Å²) in [5.41, 5.74) is 6.20. The quantitative estimate of drug-likeness (QED) is 0.275. The zero-order valence-electron chi connectivity index (χ0n) is 24.7. The van der Waals surface area contributed by atoms with Crippen LogP contribution in [0.25, 0.3) is 0 Å². The van der Waals surface area contributed by atoms with E-state index in [-0.39, 0.29) is 47.5 Å². The molecule has 2 saturated carbocycles. The van der Waals surface area contributed by atoms with Gasteiger partial charge in [-0.05, 0) is 81.9 Å². The van der Waals surface area contributed by atoms with Crippen LogP contribution in [0, 0.1) is 29.5 Å². The van der Waals surface area contributed by atoms with E-state index in [0.717, 1.165) is 63.9 Å². The highest BCUT2D eigenvalue weighted by molar-refractivity contribution is 5.98. The zero-order valence-corrected chi connectivity index (χ0v) is 24.7. The molecule has 0 bridgehead atoms. The maximum absolute atomic E-state index is 14.9. The first-order valence-corrected chi connectivity index (χ1v) is 15.7. The number of amides is 2. The van der Waals surface area contributed by atoms with Crippen LogP contribution in [0.5, 0.6) is 0 Å². The number of ether oxygens (including phenoxy) is 2. The first-order chi connectivity index (χ1) is 19.8. The highest BCUT2D eigenvalue weighted by atomic mass is 19.1. The van der Waals surface area contributed by atoms with E-state index in [2.05, 4.69) is 5.32 Å². The lowest BCUT2D eigenvalue weighted by atomic mass is 9.76. The molecule has 41 heavy (non-hydrogen) atoms. The molecule has 3 N–H and O–H groups in total. The van der Waals surface area contributed by atoms with Crippen molar-refractivity contribution in [1.82, 2.24) is 4.90 Å². The summed E-state index contributed by atoms with van der Waals surface area (Å²) in [5.74, 6) is -0.856. The molecule has 228 valence electrons. The highest BCUT2D eigenvalue weighted by Gasteiger charge is 2.46. The van der Waals surface area contributed by atoms with E-state index < -0.39 is 17.8 Å². The van der Waals surface area contributed by atoms with Crippen molar-refractivity contribution in [3.05, 3.63) is 29.6 Å². The molecule has 4 rings (SSSR count). The SMILES string of the molecule is CCOCCCOC(=O)c1ccc(NC(=O)[C@@H]2[C@H](C3CCCCC3)CCN2C(=O)[C@H]2CC[C@H](C(C)N)CC2)cc1F. The number of hydrogen-bond acceptors (Lipinski definition) is 6. The molecule has 1 aliphatic heterocycles. The number of carbonyl (C=O) groups is 3. The van der Waals surface area contributed by atoms with Gasteiger partial charge in [0.2, 0.25) is 11.8 Å². The minimum Gasteiger partial charge on any atom is -0.462 e. The van der Waals surface area contributed by atoms with Gasteiger partial charge >= 0.3 is 5.97 Å². The summed E-state index contributed by atoms with van der Waals surface area (Å²) in [6.07, 6.45) is 10.5. The third kappa shape index (κ3) is 8.07. The number of likely N-dealkylation sites (tertiary alicyclic amines) is 1. The molecule has 2 aliphatic carbocycles. The predicted molar refractivity (Wildman–Crippen MR) is 156 cm³/mol. The summed E-state index contributed by atoms with van der Waals surface area (Å²) < 4.78 is 25.3. The van der Waals surface area contributed by atoms with Crippen LogP contribution in [-0.4, -0.2) is 61.1 Å². The number of carbonyl (C=O) groups excluding carboxylic acids is 3. The molecule has 8 nitrogen and oxygen atoms in total. The second kappa shape index (κ2) is 15.1. The number of nitrogens with two attached hydrogens (primary N) is 1. The van der Waals surface area contributed by atoms with Crippen LogP contribution in [0.1, 0.15) is 94.8 Å². The lowest BCUT2D eigenvalue weighted by Gasteiger charge is -2.36. The standard InChI is InChI=1S/C32H48FN3O5/c1-3-40-18-7-19-41-32(39)27-15-14-25(20-28(27)33)35-30(37)29-26(23-8-5-4-6-9-23)16-17-36(29)31(38)24-12-10-22(11-13-24)21(2)34/h14-15,20-24,26,29H,3-13,16-19,34H2,1-2H3,(H,35,37)/t21?,22-,24-,26-,29-/m0/s1. The molecule has 1 aromatic rings. The van der Waals surface area contributed by atoms with Gasteiger partial charge < -0.3 is 25.4 Å².